The van der Waals surface area contributed by atoms with Gasteiger partial charge in [0.1, 0.15) is 0 Å². The van der Waals surface area contributed by atoms with Gasteiger partial charge in [-0.1, -0.05) is 13.8 Å². The molecular weight excluding hydrogens is 226 g/mol. The lowest BCUT2D eigenvalue weighted by molar-refractivity contribution is 0.705. The molecule has 2 rings (SSSR count). The van der Waals surface area contributed by atoms with Gasteiger partial charge < -0.3 is 5.43 Å². The van der Waals surface area contributed by atoms with Crippen LogP contribution in [0, 0.1) is 0 Å². The van der Waals surface area contributed by atoms with Crippen LogP contribution >= 0.6 is 0 Å². The van der Waals surface area contributed by atoms with E-state index in [1.807, 2.05) is 12.1 Å². The quantitative estimate of drug-likeness (QED) is 0.636. The molecule has 3 N–H and O–H groups in total. The summed E-state index contributed by atoms with van der Waals surface area (Å²) in [4.78, 5) is 13.0. The van der Waals surface area contributed by atoms with Crippen molar-refractivity contribution in [1.29, 1.82) is 0 Å². The van der Waals surface area contributed by atoms with Crippen LogP contribution in [0.4, 0.5) is 5.82 Å². The van der Waals surface area contributed by atoms with Gasteiger partial charge in [0.25, 0.3) is 0 Å². The van der Waals surface area contributed by atoms with Crippen molar-refractivity contribution < 1.29 is 0 Å². The van der Waals surface area contributed by atoms with Crippen LogP contribution in [-0.2, 0) is 0 Å². The molecule has 2 heterocycles. The number of hydrazine groups is 1. The third kappa shape index (κ3) is 2.46. The second-order valence-corrected chi connectivity index (χ2v) is 4.18. The van der Waals surface area contributed by atoms with Crippen molar-refractivity contribution in [1.82, 2.24) is 15.0 Å². The monoisotopic (exact) mass is 243 g/mol. The molecule has 2 aromatic heterocycles. The molecule has 0 aromatic carbocycles. The van der Waals surface area contributed by atoms with Gasteiger partial charge in [-0.25, -0.2) is 15.8 Å². The van der Waals surface area contributed by atoms with Crippen LogP contribution in [0.1, 0.15) is 31.9 Å². The summed E-state index contributed by atoms with van der Waals surface area (Å²) in [5.74, 6) is 6.41. The molecule has 1 unspecified atom stereocenters. The first kappa shape index (κ1) is 12.4. The molecule has 0 amide bonds. The van der Waals surface area contributed by atoms with Gasteiger partial charge in [0.15, 0.2) is 5.82 Å². The Kier molecular flexibility index (Phi) is 3.84. The Morgan fingerprint density at radius 2 is 2.22 bits per heavy atom. The van der Waals surface area contributed by atoms with E-state index < -0.39 is 0 Å². The van der Waals surface area contributed by atoms with Crippen molar-refractivity contribution in [2.45, 2.75) is 26.2 Å². The molecule has 0 bridgehead atoms. The van der Waals surface area contributed by atoms with E-state index in [1.165, 1.54) is 0 Å². The topological polar surface area (TPSA) is 76.7 Å². The summed E-state index contributed by atoms with van der Waals surface area (Å²) in [7, 11) is 0. The molecule has 0 aliphatic heterocycles. The van der Waals surface area contributed by atoms with E-state index in [9.17, 15) is 0 Å². The molecule has 2 aromatic rings. The lowest BCUT2D eigenvalue weighted by Gasteiger charge is -2.13. The van der Waals surface area contributed by atoms with Gasteiger partial charge >= 0.3 is 0 Å². The third-order valence-electron chi connectivity index (χ3n) is 2.97. The summed E-state index contributed by atoms with van der Waals surface area (Å²) in [5, 5.41) is 0. The van der Waals surface area contributed by atoms with E-state index in [0.29, 0.717) is 11.7 Å². The largest absolute Gasteiger partial charge is 0.307 e. The predicted molar refractivity (Wildman–Crippen MR) is 71.8 cm³/mol. The lowest BCUT2D eigenvalue weighted by atomic mass is 10.0. The molecular formula is C13H17N5. The average molecular weight is 243 g/mol. The van der Waals surface area contributed by atoms with Crippen molar-refractivity contribution in [3.05, 3.63) is 36.4 Å². The molecule has 94 valence electrons. The first-order valence-corrected chi connectivity index (χ1v) is 6.00. The Labute approximate surface area is 106 Å². The SMILES string of the molecule is CCC(C)c1nc(-c2cccnc2)cnc1NN. The fourth-order valence-corrected chi connectivity index (χ4v) is 1.70. The zero-order chi connectivity index (χ0) is 13.0. The van der Waals surface area contributed by atoms with Gasteiger partial charge in [-0.2, -0.15) is 0 Å². The molecule has 0 fully saturated rings. The number of aromatic nitrogens is 3. The summed E-state index contributed by atoms with van der Waals surface area (Å²) in [6, 6.07) is 3.85. The van der Waals surface area contributed by atoms with Crippen molar-refractivity contribution in [2.75, 3.05) is 5.43 Å². The van der Waals surface area contributed by atoms with Gasteiger partial charge in [-0.3, -0.25) is 4.98 Å². The number of nitrogen functional groups attached to an aromatic ring is 1. The molecule has 1 atom stereocenters. The molecule has 0 aliphatic rings. The van der Waals surface area contributed by atoms with E-state index in [0.717, 1.165) is 23.4 Å². The Morgan fingerprint density at radius 1 is 1.39 bits per heavy atom. The number of pyridine rings is 1. The molecule has 0 radical (unpaired) electrons. The van der Waals surface area contributed by atoms with Gasteiger partial charge in [0, 0.05) is 23.9 Å². The molecule has 5 nitrogen and oxygen atoms in total. The summed E-state index contributed by atoms with van der Waals surface area (Å²) in [6.07, 6.45) is 6.21. The summed E-state index contributed by atoms with van der Waals surface area (Å²) >= 11 is 0. The molecule has 0 aliphatic carbocycles. The average Bonchev–Trinajstić information content (AvgIpc) is 2.46. The number of anilines is 1. The Hall–Kier alpha value is -2.01. The second-order valence-electron chi connectivity index (χ2n) is 4.18. The van der Waals surface area contributed by atoms with Crippen LogP contribution in [0.15, 0.2) is 30.7 Å². The van der Waals surface area contributed by atoms with Crippen molar-refractivity contribution >= 4 is 5.82 Å². The minimum absolute atomic E-state index is 0.306. The maximum Gasteiger partial charge on any atom is 0.162 e. The predicted octanol–water partition coefficient (Wildman–Crippen LogP) is 2.34. The minimum atomic E-state index is 0.306. The van der Waals surface area contributed by atoms with Crippen molar-refractivity contribution in [2.24, 2.45) is 5.84 Å². The van der Waals surface area contributed by atoms with E-state index in [2.05, 4.69) is 34.2 Å². The number of hydrogen-bond acceptors (Lipinski definition) is 5. The third-order valence-corrected chi connectivity index (χ3v) is 2.97. The highest BCUT2D eigenvalue weighted by Gasteiger charge is 2.13. The number of hydrogen-bond donors (Lipinski definition) is 2. The Bertz CT molecular complexity index is 512. The van der Waals surface area contributed by atoms with Gasteiger partial charge in [0.05, 0.1) is 17.6 Å². The van der Waals surface area contributed by atoms with Crippen LogP contribution in [0.2, 0.25) is 0 Å². The van der Waals surface area contributed by atoms with Crippen LogP contribution in [0.3, 0.4) is 0 Å². The highest BCUT2D eigenvalue weighted by molar-refractivity contribution is 5.58. The lowest BCUT2D eigenvalue weighted by Crippen LogP contribution is -2.14. The fourth-order valence-electron chi connectivity index (χ4n) is 1.70. The summed E-state index contributed by atoms with van der Waals surface area (Å²) in [6.45, 7) is 4.22. The Morgan fingerprint density at radius 3 is 2.83 bits per heavy atom. The standard InChI is InChI=1S/C13H17N5/c1-3-9(2)12-13(18-14)16-8-11(17-12)10-5-4-6-15-7-10/h4-9H,3,14H2,1-2H3,(H,16,18). The van der Waals surface area contributed by atoms with Gasteiger partial charge in [0.2, 0.25) is 0 Å². The highest BCUT2D eigenvalue weighted by atomic mass is 15.3. The normalized spacial score (nSPS) is 12.2. The number of nitrogens with zero attached hydrogens (tertiary/aromatic N) is 3. The van der Waals surface area contributed by atoms with E-state index in [4.69, 9.17) is 5.84 Å². The summed E-state index contributed by atoms with van der Waals surface area (Å²) < 4.78 is 0. The van der Waals surface area contributed by atoms with Gasteiger partial charge in [-0.15, -0.1) is 0 Å². The zero-order valence-corrected chi connectivity index (χ0v) is 10.6. The molecule has 0 saturated carbocycles. The number of rotatable bonds is 4. The van der Waals surface area contributed by atoms with E-state index in [1.54, 1.807) is 18.6 Å². The van der Waals surface area contributed by atoms with Crippen LogP contribution in [0.5, 0.6) is 0 Å². The molecule has 0 spiro atoms. The number of nitrogens with two attached hydrogens (primary N) is 1. The first-order valence-electron chi connectivity index (χ1n) is 6.00. The van der Waals surface area contributed by atoms with Crippen LogP contribution in [0.25, 0.3) is 11.3 Å². The highest BCUT2D eigenvalue weighted by Crippen LogP contribution is 2.25. The maximum absolute atomic E-state index is 5.47. The second kappa shape index (κ2) is 5.55. The van der Waals surface area contributed by atoms with E-state index >= 15 is 0 Å². The molecule has 18 heavy (non-hydrogen) atoms. The minimum Gasteiger partial charge on any atom is -0.307 e. The van der Waals surface area contributed by atoms with Crippen LogP contribution < -0.4 is 11.3 Å². The smallest absolute Gasteiger partial charge is 0.162 e. The van der Waals surface area contributed by atoms with Crippen molar-refractivity contribution in [3.63, 3.8) is 0 Å². The fraction of sp³-hybridized carbons (Fsp3) is 0.308. The Balaban J connectivity index is 2.46. The maximum atomic E-state index is 5.47. The summed E-state index contributed by atoms with van der Waals surface area (Å²) in [5.41, 5.74) is 5.26. The molecule has 5 heteroatoms. The van der Waals surface area contributed by atoms with Gasteiger partial charge in [-0.05, 0) is 18.6 Å². The molecule has 0 saturated heterocycles. The zero-order valence-electron chi connectivity index (χ0n) is 10.6. The number of nitrogens with one attached hydrogen (secondary N) is 1. The van der Waals surface area contributed by atoms with Crippen LogP contribution in [-0.4, -0.2) is 15.0 Å². The van der Waals surface area contributed by atoms with Crippen molar-refractivity contribution in [3.8, 4) is 11.3 Å². The first-order chi connectivity index (χ1) is 8.76. The van der Waals surface area contributed by atoms with E-state index in [-0.39, 0.29) is 0 Å².